The molecule has 2 aromatic rings. The number of aliphatic hydroxyl groups is 1. The Morgan fingerprint density at radius 2 is 1.90 bits per heavy atom. The molecule has 4 heteroatoms. The number of aliphatic hydroxyl groups excluding tert-OH is 1. The van der Waals surface area contributed by atoms with E-state index in [1.807, 2.05) is 42.5 Å². The zero-order valence-electron chi connectivity index (χ0n) is 10.9. The van der Waals surface area contributed by atoms with Gasteiger partial charge in [-0.05, 0) is 30.2 Å². The second kappa shape index (κ2) is 7.22. The molecule has 3 nitrogen and oxygen atoms in total. The molecule has 0 unspecified atom stereocenters. The maximum absolute atomic E-state index is 11.9. The van der Waals surface area contributed by atoms with Crippen LogP contribution in [0.25, 0.3) is 0 Å². The highest BCUT2D eigenvalue weighted by atomic mass is 79.9. The summed E-state index contributed by atoms with van der Waals surface area (Å²) in [4.78, 5) is 11.9. The van der Waals surface area contributed by atoms with E-state index in [9.17, 15) is 9.90 Å². The Morgan fingerprint density at radius 1 is 1.15 bits per heavy atom. The summed E-state index contributed by atoms with van der Waals surface area (Å²) < 4.78 is 0.870. The van der Waals surface area contributed by atoms with E-state index in [0.29, 0.717) is 18.5 Å². The Labute approximate surface area is 126 Å². The molecule has 0 heterocycles. The van der Waals surface area contributed by atoms with E-state index in [1.165, 1.54) is 0 Å². The smallest absolute Gasteiger partial charge is 0.251 e. The molecule has 20 heavy (non-hydrogen) atoms. The third-order valence-corrected chi connectivity index (χ3v) is 3.47. The molecule has 0 aliphatic rings. The normalized spacial score (nSPS) is 11.9. The second-order valence-electron chi connectivity index (χ2n) is 4.48. The lowest BCUT2D eigenvalue weighted by atomic mass is 10.1. The molecule has 0 saturated carbocycles. The zero-order chi connectivity index (χ0) is 14.4. The van der Waals surface area contributed by atoms with Crippen LogP contribution < -0.4 is 5.32 Å². The molecule has 0 aromatic heterocycles. The van der Waals surface area contributed by atoms with Gasteiger partial charge >= 0.3 is 0 Å². The maximum Gasteiger partial charge on any atom is 0.251 e. The maximum atomic E-state index is 11.9. The van der Waals surface area contributed by atoms with Crippen LogP contribution in [0.1, 0.15) is 28.4 Å². The summed E-state index contributed by atoms with van der Waals surface area (Å²) in [5, 5.41) is 12.8. The largest absolute Gasteiger partial charge is 0.388 e. The highest BCUT2D eigenvalue weighted by molar-refractivity contribution is 9.10. The third kappa shape index (κ3) is 4.18. The molecule has 104 valence electrons. The first kappa shape index (κ1) is 14.8. The Hall–Kier alpha value is -1.65. The van der Waals surface area contributed by atoms with Gasteiger partial charge in [-0.1, -0.05) is 52.3 Å². The number of halogens is 1. The Bertz CT molecular complexity index is 572. The van der Waals surface area contributed by atoms with Crippen LogP contribution in [0.3, 0.4) is 0 Å². The molecule has 0 saturated heterocycles. The van der Waals surface area contributed by atoms with Gasteiger partial charge in [-0.2, -0.15) is 0 Å². The molecule has 0 aliphatic heterocycles. The van der Waals surface area contributed by atoms with Gasteiger partial charge in [-0.25, -0.2) is 0 Å². The highest BCUT2D eigenvalue weighted by Gasteiger charge is 2.09. The van der Waals surface area contributed by atoms with Crippen molar-refractivity contribution in [2.75, 3.05) is 6.54 Å². The van der Waals surface area contributed by atoms with Crippen LogP contribution in [0.2, 0.25) is 0 Å². The summed E-state index contributed by atoms with van der Waals surface area (Å²) >= 11 is 3.33. The molecular formula is C16H16BrNO2. The molecule has 0 spiro atoms. The van der Waals surface area contributed by atoms with Gasteiger partial charge in [0.15, 0.2) is 0 Å². The van der Waals surface area contributed by atoms with Gasteiger partial charge in [0.1, 0.15) is 0 Å². The summed E-state index contributed by atoms with van der Waals surface area (Å²) in [6.07, 6.45) is -0.0666. The number of amides is 1. The number of hydrogen-bond donors (Lipinski definition) is 2. The molecule has 0 radical (unpaired) electrons. The number of carbonyl (C=O) groups excluding carboxylic acids is 1. The van der Waals surface area contributed by atoms with Crippen molar-refractivity contribution in [2.24, 2.45) is 0 Å². The van der Waals surface area contributed by atoms with Gasteiger partial charge in [-0.3, -0.25) is 4.79 Å². The topological polar surface area (TPSA) is 49.3 Å². The van der Waals surface area contributed by atoms with E-state index in [0.717, 1.165) is 10.0 Å². The fourth-order valence-electron chi connectivity index (χ4n) is 1.90. The zero-order valence-corrected chi connectivity index (χ0v) is 12.5. The summed E-state index contributed by atoms with van der Waals surface area (Å²) in [5.41, 5.74) is 1.47. The minimum absolute atomic E-state index is 0.133. The summed E-state index contributed by atoms with van der Waals surface area (Å²) in [6.45, 7) is 0.432. The molecule has 1 amide bonds. The quantitative estimate of drug-likeness (QED) is 0.881. The monoisotopic (exact) mass is 333 g/mol. The van der Waals surface area contributed by atoms with E-state index < -0.39 is 6.10 Å². The van der Waals surface area contributed by atoms with Crippen molar-refractivity contribution in [2.45, 2.75) is 12.5 Å². The van der Waals surface area contributed by atoms with Crippen molar-refractivity contribution in [1.29, 1.82) is 0 Å². The van der Waals surface area contributed by atoms with Crippen molar-refractivity contribution in [1.82, 2.24) is 5.32 Å². The van der Waals surface area contributed by atoms with E-state index in [-0.39, 0.29) is 5.91 Å². The minimum atomic E-state index is -0.556. The summed E-state index contributed by atoms with van der Waals surface area (Å²) in [5.74, 6) is -0.133. The summed E-state index contributed by atoms with van der Waals surface area (Å²) in [6, 6.07) is 16.6. The van der Waals surface area contributed by atoms with E-state index in [1.54, 1.807) is 12.1 Å². The molecule has 0 fully saturated rings. The molecule has 0 bridgehead atoms. The highest BCUT2D eigenvalue weighted by Crippen LogP contribution is 2.15. The number of nitrogens with one attached hydrogen (secondary N) is 1. The minimum Gasteiger partial charge on any atom is -0.388 e. The van der Waals surface area contributed by atoms with Crippen LogP contribution in [0, 0.1) is 0 Å². The number of benzene rings is 2. The predicted octanol–water partition coefficient (Wildman–Crippen LogP) is 3.30. The van der Waals surface area contributed by atoms with Crippen molar-refractivity contribution >= 4 is 21.8 Å². The van der Waals surface area contributed by atoms with Gasteiger partial charge in [0.25, 0.3) is 5.91 Å². The van der Waals surface area contributed by atoms with Crippen LogP contribution in [0.5, 0.6) is 0 Å². The van der Waals surface area contributed by atoms with E-state index >= 15 is 0 Å². The van der Waals surface area contributed by atoms with Crippen molar-refractivity contribution in [3.63, 3.8) is 0 Å². The average Bonchev–Trinajstić information content (AvgIpc) is 2.48. The van der Waals surface area contributed by atoms with Gasteiger partial charge in [0.05, 0.1) is 6.10 Å². The van der Waals surface area contributed by atoms with Crippen molar-refractivity contribution in [3.8, 4) is 0 Å². The van der Waals surface area contributed by atoms with E-state index in [2.05, 4.69) is 21.2 Å². The second-order valence-corrected chi connectivity index (χ2v) is 5.40. The van der Waals surface area contributed by atoms with Crippen molar-refractivity contribution < 1.29 is 9.90 Å². The van der Waals surface area contributed by atoms with Gasteiger partial charge < -0.3 is 10.4 Å². The first-order valence-electron chi connectivity index (χ1n) is 6.43. The Balaban J connectivity index is 1.83. The third-order valence-electron chi connectivity index (χ3n) is 2.97. The molecular weight excluding hydrogens is 318 g/mol. The van der Waals surface area contributed by atoms with Gasteiger partial charge in [0, 0.05) is 16.6 Å². The van der Waals surface area contributed by atoms with Crippen LogP contribution >= 0.6 is 15.9 Å². The average molecular weight is 334 g/mol. The fraction of sp³-hybridized carbons (Fsp3) is 0.188. The number of rotatable bonds is 5. The standard InChI is InChI=1S/C16H16BrNO2/c17-14-8-4-7-13(11-14)16(20)18-10-9-15(19)12-5-2-1-3-6-12/h1-8,11,15,19H,9-10H2,(H,18,20)/t15-/m1/s1. The summed E-state index contributed by atoms with van der Waals surface area (Å²) in [7, 11) is 0. The molecule has 1 atom stereocenters. The van der Waals surface area contributed by atoms with E-state index in [4.69, 9.17) is 0 Å². The lowest BCUT2D eigenvalue weighted by Crippen LogP contribution is -2.25. The Morgan fingerprint density at radius 3 is 2.60 bits per heavy atom. The van der Waals surface area contributed by atoms with Crippen LogP contribution in [-0.2, 0) is 0 Å². The van der Waals surface area contributed by atoms with Gasteiger partial charge in [-0.15, -0.1) is 0 Å². The molecule has 2 aromatic carbocycles. The van der Waals surface area contributed by atoms with Crippen LogP contribution in [0.15, 0.2) is 59.1 Å². The lowest BCUT2D eigenvalue weighted by molar-refractivity contribution is 0.0942. The number of hydrogen-bond acceptors (Lipinski definition) is 2. The predicted molar refractivity (Wildman–Crippen MR) is 82.5 cm³/mol. The molecule has 2 rings (SSSR count). The first-order chi connectivity index (χ1) is 9.66. The number of carbonyl (C=O) groups is 1. The van der Waals surface area contributed by atoms with Crippen LogP contribution in [-0.4, -0.2) is 17.6 Å². The van der Waals surface area contributed by atoms with Crippen molar-refractivity contribution in [3.05, 3.63) is 70.2 Å². The first-order valence-corrected chi connectivity index (χ1v) is 7.23. The molecule has 2 N–H and O–H groups in total. The SMILES string of the molecule is O=C(NCC[C@@H](O)c1ccccc1)c1cccc(Br)c1. The lowest BCUT2D eigenvalue weighted by Gasteiger charge is -2.11. The van der Waals surface area contributed by atoms with Gasteiger partial charge in [0.2, 0.25) is 0 Å². The fourth-order valence-corrected chi connectivity index (χ4v) is 2.30. The van der Waals surface area contributed by atoms with Crippen LogP contribution in [0.4, 0.5) is 0 Å². The Kier molecular flexibility index (Phi) is 5.32. The molecule has 0 aliphatic carbocycles.